The summed E-state index contributed by atoms with van der Waals surface area (Å²) in [6, 6.07) is 14.5. The molecule has 2 bridgehead atoms. The molecule has 6 rings (SSSR count). The molecule has 2 aromatic rings. The van der Waals surface area contributed by atoms with E-state index in [1.807, 2.05) is 24.3 Å². The van der Waals surface area contributed by atoms with Gasteiger partial charge in [0.1, 0.15) is 6.10 Å². The van der Waals surface area contributed by atoms with Crippen LogP contribution in [0.3, 0.4) is 0 Å². The average molecular weight is 427 g/mol. The Morgan fingerprint density at radius 2 is 1.66 bits per heavy atom. The number of para-hydroxylation sites is 1. The number of nitrogens with zero attached hydrogens (tertiary/aromatic N) is 2. The lowest BCUT2D eigenvalue weighted by atomic mass is 9.71. The highest BCUT2D eigenvalue weighted by molar-refractivity contribution is 6.37. The highest BCUT2D eigenvalue weighted by atomic mass is 35.5. The fourth-order valence-electron chi connectivity index (χ4n) is 5.88. The molecule has 2 aromatic carbocycles. The number of amides is 2. The largest absolute Gasteiger partial charge is 0.391 e. The van der Waals surface area contributed by atoms with Crippen LogP contribution < -0.4 is 4.90 Å². The van der Waals surface area contributed by atoms with Gasteiger partial charge in [-0.2, -0.15) is 0 Å². The summed E-state index contributed by atoms with van der Waals surface area (Å²) in [5.74, 6) is -0.895. The molecule has 2 heterocycles. The van der Waals surface area contributed by atoms with Crippen LogP contribution in [-0.2, 0) is 14.4 Å². The number of hydrogen-bond acceptors (Lipinski definition) is 4. The molecule has 4 aliphatic rings. The average Bonchev–Trinajstić information content (AvgIpc) is 3.43. The van der Waals surface area contributed by atoms with Gasteiger partial charge in [-0.1, -0.05) is 52.6 Å². The van der Waals surface area contributed by atoms with Gasteiger partial charge in [0.05, 0.1) is 28.3 Å². The highest BCUT2D eigenvalue weighted by Crippen LogP contribution is 2.62. The molecule has 0 spiro atoms. The molecule has 0 N–H and O–H groups in total. The maximum atomic E-state index is 13.3. The summed E-state index contributed by atoms with van der Waals surface area (Å²) in [5.41, 5.74) is 2.18. The second kappa shape index (κ2) is 6.07. The molecular weight excluding hydrogens is 411 g/mol. The lowest BCUT2D eigenvalue weighted by Gasteiger charge is -2.30. The summed E-state index contributed by atoms with van der Waals surface area (Å²) in [6.45, 7) is 0. The minimum Gasteiger partial charge on any atom is -0.391 e. The Kier molecular flexibility index (Phi) is 3.66. The first kappa shape index (κ1) is 17.5. The molecule has 5 nitrogen and oxygen atoms in total. The van der Waals surface area contributed by atoms with E-state index in [1.54, 1.807) is 24.3 Å². The number of carbonyl (C=O) groups is 2. The predicted octanol–water partition coefficient (Wildman–Crippen LogP) is 4.17. The van der Waals surface area contributed by atoms with Gasteiger partial charge in [-0.05, 0) is 36.6 Å². The van der Waals surface area contributed by atoms with Crippen molar-refractivity contribution in [2.45, 2.75) is 12.5 Å². The molecule has 6 atom stereocenters. The van der Waals surface area contributed by atoms with Gasteiger partial charge in [-0.25, -0.2) is 0 Å². The fraction of sp³-hybridized carbons (Fsp3) is 0.318. The van der Waals surface area contributed by atoms with Crippen molar-refractivity contribution < 1.29 is 14.4 Å². The van der Waals surface area contributed by atoms with Gasteiger partial charge in [0.25, 0.3) is 0 Å². The zero-order valence-corrected chi connectivity index (χ0v) is 16.7. The Labute approximate surface area is 177 Å². The minimum atomic E-state index is -0.329. The zero-order valence-electron chi connectivity index (χ0n) is 15.2. The molecule has 1 saturated heterocycles. The van der Waals surface area contributed by atoms with E-state index >= 15 is 0 Å². The van der Waals surface area contributed by atoms with Crippen molar-refractivity contribution in [3.8, 4) is 0 Å². The maximum absolute atomic E-state index is 13.3. The number of benzene rings is 2. The molecule has 2 aliphatic heterocycles. The number of imide groups is 1. The second-order valence-corrected chi connectivity index (χ2v) is 9.00. The maximum Gasteiger partial charge on any atom is 0.238 e. The van der Waals surface area contributed by atoms with E-state index in [9.17, 15) is 9.59 Å². The summed E-state index contributed by atoms with van der Waals surface area (Å²) in [6.07, 6.45) is 0.616. The Balaban J connectivity index is 1.37. The quantitative estimate of drug-likeness (QED) is 0.677. The molecule has 0 radical (unpaired) electrons. The van der Waals surface area contributed by atoms with E-state index < -0.39 is 0 Å². The molecule has 3 fully saturated rings. The Morgan fingerprint density at radius 3 is 2.38 bits per heavy atom. The lowest BCUT2D eigenvalue weighted by molar-refractivity contribution is -0.125. The van der Waals surface area contributed by atoms with Crippen molar-refractivity contribution in [3.63, 3.8) is 0 Å². The van der Waals surface area contributed by atoms with Crippen LogP contribution in [0.4, 0.5) is 5.69 Å². The molecule has 146 valence electrons. The first-order valence-electron chi connectivity index (χ1n) is 9.68. The normalized spacial score (nSPS) is 34.3. The number of halogens is 2. The Bertz CT molecular complexity index is 1090. The second-order valence-electron chi connectivity index (χ2n) is 8.16. The molecular formula is C22H16Cl2N2O3. The summed E-state index contributed by atoms with van der Waals surface area (Å²) in [7, 11) is 0. The number of carbonyl (C=O) groups excluding carboxylic acids is 2. The van der Waals surface area contributed by atoms with Gasteiger partial charge < -0.3 is 4.84 Å². The number of oxime groups is 1. The predicted molar refractivity (Wildman–Crippen MR) is 109 cm³/mol. The van der Waals surface area contributed by atoms with E-state index in [-0.39, 0.29) is 47.5 Å². The van der Waals surface area contributed by atoms with E-state index in [4.69, 9.17) is 28.0 Å². The lowest BCUT2D eigenvalue weighted by Crippen LogP contribution is -2.41. The number of anilines is 1. The number of rotatable bonds is 2. The van der Waals surface area contributed by atoms with Crippen molar-refractivity contribution >= 4 is 46.4 Å². The fourth-order valence-corrected chi connectivity index (χ4v) is 6.38. The topological polar surface area (TPSA) is 59.0 Å². The van der Waals surface area contributed by atoms with Gasteiger partial charge in [-0.15, -0.1) is 0 Å². The summed E-state index contributed by atoms with van der Waals surface area (Å²) in [5, 5.41) is 5.40. The van der Waals surface area contributed by atoms with E-state index in [0.717, 1.165) is 17.7 Å². The van der Waals surface area contributed by atoms with Crippen molar-refractivity contribution in [2.75, 3.05) is 4.90 Å². The summed E-state index contributed by atoms with van der Waals surface area (Å²) >= 11 is 12.5. The van der Waals surface area contributed by atoms with Gasteiger partial charge >= 0.3 is 0 Å². The molecule has 0 aromatic heterocycles. The minimum absolute atomic E-state index is 0.00696. The van der Waals surface area contributed by atoms with Crippen LogP contribution >= 0.6 is 23.2 Å². The van der Waals surface area contributed by atoms with E-state index in [2.05, 4.69) is 5.16 Å². The number of fused-ring (bicyclic) bond motifs is 8. The first-order chi connectivity index (χ1) is 14.1. The van der Waals surface area contributed by atoms with E-state index in [1.165, 1.54) is 4.90 Å². The van der Waals surface area contributed by atoms with Crippen LogP contribution in [-0.4, -0.2) is 23.6 Å². The van der Waals surface area contributed by atoms with Crippen LogP contribution in [0.5, 0.6) is 0 Å². The van der Waals surface area contributed by atoms with Gasteiger partial charge in [0, 0.05) is 22.4 Å². The monoisotopic (exact) mass is 426 g/mol. The van der Waals surface area contributed by atoms with Gasteiger partial charge in [-0.3, -0.25) is 14.5 Å². The smallest absolute Gasteiger partial charge is 0.238 e. The third kappa shape index (κ3) is 2.26. The van der Waals surface area contributed by atoms with Gasteiger partial charge in [0.2, 0.25) is 11.8 Å². The number of hydrogen-bond donors (Lipinski definition) is 0. The van der Waals surface area contributed by atoms with E-state index in [0.29, 0.717) is 15.7 Å². The zero-order chi connectivity index (χ0) is 19.9. The molecule has 29 heavy (non-hydrogen) atoms. The first-order valence-corrected chi connectivity index (χ1v) is 10.4. The third-order valence-electron chi connectivity index (χ3n) is 6.91. The molecule has 7 heteroatoms. The van der Waals surface area contributed by atoms with Crippen LogP contribution in [0.25, 0.3) is 0 Å². The molecule has 2 amide bonds. The van der Waals surface area contributed by atoms with Gasteiger partial charge in [0.15, 0.2) is 0 Å². The van der Waals surface area contributed by atoms with Crippen molar-refractivity contribution in [3.05, 3.63) is 64.1 Å². The SMILES string of the molecule is O=C1[C@@H]2[C@H]3C[C@@H]([C@@H]4C(c5ccc(Cl)cc5Cl)=NO[C@@H]34)[C@@H]2C(=O)N1c1ccccc1. The van der Waals surface area contributed by atoms with Crippen molar-refractivity contribution in [1.82, 2.24) is 0 Å². The Hall–Kier alpha value is -2.37. The van der Waals surface area contributed by atoms with Crippen molar-refractivity contribution in [1.29, 1.82) is 0 Å². The third-order valence-corrected chi connectivity index (χ3v) is 7.46. The highest BCUT2D eigenvalue weighted by Gasteiger charge is 2.70. The van der Waals surface area contributed by atoms with Crippen LogP contribution in [0.15, 0.2) is 53.7 Å². The molecule has 0 unspecified atom stereocenters. The summed E-state index contributed by atoms with van der Waals surface area (Å²) in [4.78, 5) is 33.7. The molecule has 2 aliphatic carbocycles. The Morgan fingerprint density at radius 1 is 0.931 bits per heavy atom. The summed E-state index contributed by atoms with van der Waals surface area (Å²) < 4.78 is 0. The standard InChI is InChI=1S/C22H16Cl2N2O3/c23-10-6-7-12(15(24)8-10)19-18-13-9-14(20(18)29-25-19)17-16(13)21(27)26(22(17)28)11-4-2-1-3-5-11/h1-8,13-14,16-18,20H,9H2/t13-,14-,16+,17-,18-,20+/m1/s1. The molecule has 2 saturated carbocycles. The van der Waals surface area contributed by atoms with Crippen LogP contribution in [0.1, 0.15) is 12.0 Å². The van der Waals surface area contributed by atoms with Crippen molar-refractivity contribution in [2.24, 2.45) is 34.7 Å². The van der Waals surface area contributed by atoms with Crippen LogP contribution in [0, 0.1) is 29.6 Å². The van der Waals surface area contributed by atoms with Crippen LogP contribution in [0.2, 0.25) is 10.0 Å².